The van der Waals surface area contributed by atoms with E-state index in [-0.39, 0.29) is 11.9 Å². The van der Waals surface area contributed by atoms with Gasteiger partial charge >= 0.3 is 0 Å². The number of carbonyl (C=O) groups is 1. The van der Waals surface area contributed by atoms with Crippen LogP contribution in [0.5, 0.6) is 11.5 Å². The predicted molar refractivity (Wildman–Crippen MR) is 92.7 cm³/mol. The summed E-state index contributed by atoms with van der Waals surface area (Å²) in [5, 5.41) is 5.49. The maximum Gasteiger partial charge on any atom is 0.262 e. The molecule has 2 N–H and O–H groups in total. The largest absolute Gasteiger partial charge is 0.497 e. The average Bonchev–Trinajstić information content (AvgIpc) is 3.20. The van der Waals surface area contributed by atoms with Gasteiger partial charge in [0.2, 0.25) is 5.91 Å². The SMILES string of the molecule is COc1cc(CN2CCC(NC(=O)C3CC(F)(F)CN3)C2)cc(OC)c1. The van der Waals surface area contributed by atoms with Gasteiger partial charge in [-0.2, -0.15) is 0 Å². The van der Waals surface area contributed by atoms with Crippen LogP contribution in [0.1, 0.15) is 18.4 Å². The first-order valence-corrected chi connectivity index (χ1v) is 8.74. The molecule has 1 aromatic rings. The summed E-state index contributed by atoms with van der Waals surface area (Å²) in [4.78, 5) is 14.4. The van der Waals surface area contributed by atoms with E-state index in [0.717, 1.165) is 30.0 Å². The molecule has 26 heavy (non-hydrogen) atoms. The molecule has 2 aliphatic heterocycles. The summed E-state index contributed by atoms with van der Waals surface area (Å²) in [6, 6.07) is 4.91. The lowest BCUT2D eigenvalue weighted by Crippen LogP contribution is -2.46. The Bertz CT molecular complexity index is 634. The molecule has 0 aromatic heterocycles. The highest BCUT2D eigenvalue weighted by Gasteiger charge is 2.42. The fourth-order valence-corrected chi connectivity index (χ4v) is 3.51. The lowest BCUT2D eigenvalue weighted by Gasteiger charge is -2.19. The van der Waals surface area contributed by atoms with E-state index < -0.39 is 24.9 Å². The number of carbonyl (C=O) groups excluding carboxylic acids is 1. The molecule has 1 amide bonds. The smallest absolute Gasteiger partial charge is 0.262 e. The van der Waals surface area contributed by atoms with Crippen molar-refractivity contribution in [1.82, 2.24) is 15.5 Å². The number of likely N-dealkylation sites (tertiary alicyclic amines) is 1. The summed E-state index contributed by atoms with van der Waals surface area (Å²) in [6.45, 7) is 1.80. The number of methoxy groups -OCH3 is 2. The molecule has 144 valence electrons. The van der Waals surface area contributed by atoms with E-state index in [2.05, 4.69) is 15.5 Å². The summed E-state index contributed by atoms with van der Waals surface area (Å²) >= 11 is 0. The minimum absolute atomic E-state index is 0.0222. The molecule has 3 rings (SSSR count). The van der Waals surface area contributed by atoms with Crippen LogP contribution in [-0.2, 0) is 11.3 Å². The number of nitrogens with zero attached hydrogens (tertiary/aromatic N) is 1. The van der Waals surface area contributed by atoms with Crippen molar-refractivity contribution in [2.45, 2.75) is 37.4 Å². The standard InChI is InChI=1S/C18H25F2N3O3/c1-25-14-5-12(6-15(7-14)26-2)9-23-4-3-13(10-23)22-17(24)16-8-18(19,20)11-21-16/h5-7,13,16,21H,3-4,8-11H2,1-2H3,(H,22,24). The molecule has 2 unspecified atom stereocenters. The molecular weight excluding hydrogens is 344 g/mol. The molecule has 0 radical (unpaired) electrons. The molecule has 8 heteroatoms. The van der Waals surface area contributed by atoms with Crippen molar-refractivity contribution in [3.63, 3.8) is 0 Å². The van der Waals surface area contributed by atoms with E-state index in [1.54, 1.807) is 14.2 Å². The fourth-order valence-electron chi connectivity index (χ4n) is 3.51. The Morgan fingerprint density at radius 1 is 1.31 bits per heavy atom. The number of hydrogen-bond donors (Lipinski definition) is 2. The third kappa shape index (κ3) is 4.62. The first kappa shape index (κ1) is 18.8. The summed E-state index contributed by atoms with van der Waals surface area (Å²) in [7, 11) is 3.22. The molecule has 0 aliphatic carbocycles. The lowest BCUT2D eigenvalue weighted by molar-refractivity contribution is -0.124. The number of nitrogens with one attached hydrogen (secondary N) is 2. The predicted octanol–water partition coefficient (Wildman–Crippen LogP) is 1.39. The van der Waals surface area contributed by atoms with Gasteiger partial charge in [-0.25, -0.2) is 8.78 Å². The Balaban J connectivity index is 1.52. The Kier molecular flexibility index (Phi) is 5.62. The van der Waals surface area contributed by atoms with E-state index in [9.17, 15) is 13.6 Å². The maximum absolute atomic E-state index is 13.2. The van der Waals surface area contributed by atoms with E-state index in [4.69, 9.17) is 9.47 Å². The van der Waals surface area contributed by atoms with Crippen molar-refractivity contribution in [2.24, 2.45) is 0 Å². The highest BCUT2D eigenvalue weighted by molar-refractivity contribution is 5.82. The molecule has 2 heterocycles. The number of amides is 1. The Morgan fingerprint density at radius 2 is 2.00 bits per heavy atom. The van der Waals surface area contributed by atoms with Crippen molar-refractivity contribution >= 4 is 5.91 Å². The molecule has 2 atom stereocenters. The van der Waals surface area contributed by atoms with E-state index in [1.807, 2.05) is 18.2 Å². The zero-order chi connectivity index (χ0) is 18.7. The van der Waals surface area contributed by atoms with Gasteiger partial charge in [-0.15, -0.1) is 0 Å². The van der Waals surface area contributed by atoms with Gasteiger partial charge in [0.05, 0.1) is 26.8 Å². The van der Waals surface area contributed by atoms with Crippen LogP contribution in [0, 0.1) is 0 Å². The minimum Gasteiger partial charge on any atom is -0.497 e. The second-order valence-electron chi connectivity index (χ2n) is 6.94. The van der Waals surface area contributed by atoms with Crippen LogP contribution in [0.3, 0.4) is 0 Å². The minimum atomic E-state index is -2.80. The highest BCUT2D eigenvalue weighted by atomic mass is 19.3. The third-order valence-corrected chi connectivity index (χ3v) is 4.86. The van der Waals surface area contributed by atoms with Gasteiger partial charge in [0.15, 0.2) is 0 Å². The van der Waals surface area contributed by atoms with Gasteiger partial charge in [0.1, 0.15) is 11.5 Å². The van der Waals surface area contributed by atoms with Crippen molar-refractivity contribution in [2.75, 3.05) is 33.9 Å². The van der Waals surface area contributed by atoms with Gasteiger partial charge < -0.3 is 14.8 Å². The van der Waals surface area contributed by atoms with Crippen LogP contribution in [0.25, 0.3) is 0 Å². The monoisotopic (exact) mass is 369 g/mol. The Hall–Kier alpha value is -1.93. The van der Waals surface area contributed by atoms with Crippen molar-refractivity contribution in [3.8, 4) is 11.5 Å². The number of benzene rings is 1. The van der Waals surface area contributed by atoms with Gasteiger partial charge in [-0.1, -0.05) is 0 Å². The lowest BCUT2D eigenvalue weighted by atomic mass is 10.1. The molecule has 6 nitrogen and oxygen atoms in total. The van der Waals surface area contributed by atoms with Crippen LogP contribution >= 0.6 is 0 Å². The third-order valence-electron chi connectivity index (χ3n) is 4.86. The molecule has 2 aliphatic rings. The van der Waals surface area contributed by atoms with Crippen LogP contribution in [0.2, 0.25) is 0 Å². The van der Waals surface area contributed by atoms with Gasteiger partial charge in [0, 0.05) is 38.2 Å². The molecule has 0 saturated carbocycles. The van der Waals surface area contributed by atoms with Crippen LogP contribution in [0.4, 0.5) is 8.78 Å². The summed E-state index contributed by atoms with van der Waals surface area (Å²) in [5.41, 5.74) is 1.06. The first-order valence-electron chi connectivity index (χ1n) is 8.74. The number of hydrogen-bond acceptors (Lipinski definition) is 5. The number of rotatable bonds is 6. The zero-order valence-electron chi connectivity index (χ0n) is 15.1. The van der Waals surface area contributed by atoms with Crippen LogP contribution in [-0.4, -0.2) is 62.7 Å². The molecule has 0 bridgehead atoms. The van der Waals surface area contributed by atoms with Crippen molar-refractivity contribution in [1.29, 1.82) is 0 Å². The van der Waals surface area contributed by atoms with Crippen molar-refractivity contribution < 1.29 is 23.0 Å². The quantitative estimate of drug-likeness (QED) is 0.794. The summed E-state index contributed by atoms with van der Waals surface area (Å²) in [6.07, 6.45) is 0.370. The maximum atomic E-state index is 13.2. The molecule has 0 spiro atoms. The van der Waals surface area contributed by atoms with Crippen LogP contribution in [0.15, 0.2) is 18.2 Å². The molecular formula is C18H25F2N3O3. The fraction of sp³-hybridized carbons (Fsp3) is 0.611. The first-order chi connectivity index (χ1) is 12.4. The van der Waals surface area contributed by atoms with Gasteiger partial charge in [-0.3, -0.25) is 15.0 Å². The van der Waals surface area contributed by atoms with Crippen molar-refractivity contribution in [3.05, 3.63) is 23.8 Å². The van der Waals surface area contributed by atoms with Gasteiger partial charge in [-0.05, 0) is 24.1 Å². The molecule has 2 fully saturated rings. The molecule has 2 saturated heterocycles. The summed E-state index contributed by atoms with van der Waals surface area (Å²) in [5.74, 6) is -1.67. The van der Waals surface area contributed by atoms with E-state index in [1.165, 1.54) is 0 Å². The number of ether oxygens (including phenoxy) is 2. The van der Waals surface area contributed by atoms with Crippen LogP contribution < -0.4 is 20.1 Å². The van der Waals surface area contributed by atoms with Gasteiger partial charge in [0.25, 0.3) is 5.92 Å². The van der Waals surface area contributed by atoms with E-state index in [0.29, 0.717) is 13.1 Å². The highest BCUT2D eigenvalue weighted by Crippen LogP contribution is 2.26. The number of halogens is 2. The second kappa shape index (κ2) is 7.75. The average molecular weight is 369 g/mol. The second-order valence-corrected chi connectivity index (χ2v) is 6.94. The normalized spacial score (nSPS) is 25.2. The topological polar surface area (TPSA) is 62.8 Å². The molecule has 1 aromatic carbocycles. The Morgan fingerprint density at radius 3 is 2.58 bits per heavy atom. The zero-order valence-corrected chi connectivity index (χ0v) is 15.1. The summed E-state index contributed by atoms with van der Waals surface area (Å²) < 4.78 is 37.0. The number of alkyl halides is 2. The Labute approximate surface area is 151 Å². The van der Waals surface area contributed by atoms with E-state index >= 15 is 0 Å².